The van der Waals surface area contributed by atoms with Gasteiger partial charge in [-0.1, -0.05) is 140 Å². The summed E-state index contributed by atoms with van der Waals surface area (Å²) in [4.78, 5) is 7.31. The molecular formula is C48H32N2O. The molecule has 3 nitrogen and oxygen atoms in total. The minimum Gasteiger partial charge on any atom is -0.436 e. The normalized spacial score (nSPS) is 12.9. The van der Waals surface area contributed by atoms with Gasteiger partial charge in [-0.25, -0.2) is 4.98 Å². The standard InChI is InChI=1S/C48H32N2O/c1-4-15-34(16-5-1)47-49-45-32-40(27-29-46(45)51-47)50(38-25-24-33-14-10-11-17-35(33)30-38)39-26-28-42-41-22-12-13-23-43(41)48(44(42)31-39,36-18-6-2-7-19-36)37-20-8-3-9-21-37/h1-32H. The first-order valence-corrected chi connectivity index (χ1v) is 17.4. The van der Waals surface area contributed by atoms with Crippen LogP contribution >= 0.6 is 0 Å². The van der Waals surface area contributed by atoms with E-state index in [0.717, 1.165) is 33.7 Å². The Morgan fingerprint density at radius 3 is 1.76 bits per heavy atom. The van der Waals surface area contributed by atoms with E-state index in [0.29, 0.717) is 5.89 Å². The highest BCUT2D eigenvalue weighted by Gasteiger charge is 2.46. The van der Waals surface area contributed by atoms with E-state index in [4.69, 9.17) is 9.40 Å². The molecule has 0 saturated heterocycles. The summed E-state index contributed by atoms with van der Waals surface area (Å²) in [7, 11) is 0. The quantitative estimate of drug-likeness (QED) is 0.179. The van der Waals surface area contributed by atoms with Crippen molar-refractivity contribution < 1.29 is 4.42 Å². The summed E-state index contributed by atoms with van der Waals surface area (Å²) in [6.07, 6.45) is 0. The Morgan fingerprint density at radius 1 is 0.431 bits per heavy atom. The maximum absolute atomic E-state index is 6.25. The fraction of sp³-hybridized carbons (Fsp3) is 0.0208. The molecule has 9 aromatic rings. The monoisotopic (exact) mass is 652 g/mol. The van der Waals surface area contributed by atoms with E-state index < -0.39 is 5.41 Å². The lowest BCUT2D eigenvalue weighted by Crippen LogP contribution is -2.28. The smallest absolute Gasteiger partial charge is 0.227 e. The zero-order valence-electron chi connectivity index (χ0n) is 27.8. The third-order valence-electron chi connectivity index (χ3n) is 10.3. The molecule has 0 bridgehead atoms. The largest absolute Gasteiger partial charge is 0.436 e. The van der Waals surface area contributed by atoms with Crippen molar-refractivity contribution in [2.45, 2.75) is 5.41 Å². The van der Waals surface area contributed by atoms with Crippen LogP contribution in [-0.2, 0) is 5.41 Å². The summed E-state index contributed by atoms with van der Waals surface area (Å²) in [5, 5.41) is 2.39. The molecule has 0 fully saturated rings. The highest BCUT2D eigenvalue weighted by atomic mass is 16.3. The van der Waals surface area contributed by atoms with Gasteiger partial charge in [0, 0.05) is 22.6 Å². The van der Waals surface area contributed by atoms with Crippen molar-refractivity contribution in [2.75, 3.05) is 4.90 Å². The lowest BCUT2D eigenvalue weighted by atomic mass is 9.67. The van der Waals surface area contributed by atoms with Crippen LogP contribution < -0.4 is 4.90 Å². The molecule has 240 valence electrons. The van der Waals surface area contributed by atoms with Gasteiger partial charge in [0.25, 0.3) is 0 Å². The number of benzene rings is 8. The maximum atomic E-state index is 6.25. The summed E-state index contributed by atoms with van der Waals surface area (Å²) in [6, 6.07) is 69.4. The van der Waals surface area contributed by atoms with Crippen LogP contribution in [0, 0.1) is 0 Å². The van der Waals surface area contributed by atoms with Gasteiger partial charge in [0.05, 0.1) is 5.41 Å². The van der Waals surface area contributed by atoms with E-state index in [1.165, 1.54) is 44.2 Å². The van der Waals surface area contributed by atoms with E-state index in [9.17, 15) is 0 Å². The van der Waals surface area contributed by atoms with Crippen molar-refractivity contribution in [3.63, 3.8) is 0 Å². The summed E-state index contributed by atoms with van der Waals surface area (Å²) < 4.78 is 6.25. The number of rotatable bonds is 6. The fourth-order valence-corrected chi connectivity index (χ4v) is 8.09. The molecule has 1 aliphatic rings. The fourth-order valence-electron chi connectivity index (χ4n) is 8.09. The molecule has 10 rings (SSSR count). The van der Waals surface area contributed by atoms with E-state index in [2.05, 4.69) is 163 Å². The van der Waals surface area contributed by atoms with Crippen LogP contribution in [0.4, 0.5) is 17.1 Å². The van der Waals surface area contributed by atoms with Gasteiger partial charge in [0.1, 0.15) is 5.52 Å². The number of hydrogen-bond acceptors (Lipinski definition) is 3. The minimum absolute atomic E-state index is 0.500. The van der Waals surface area contributed by atoms with Gasteiger partial charge in [-0.15, -0.1) is 0 Å². The van der Waals surface area contributed by atoms with Crippen molar-refractivity contribution in [2.24, 2.45) is 0 Å². The average Bonchev–Trinajstić information content (AvgIpc) is 3.76. The Balaban J connectivity index is 1.22. The number of nitrogens with zero attached hydrogens (tertiary/aromatic N) is 2. The molecule has 8 aromatic carbocycles. The number of aromatic nitrogens is 1. The van der Waals surface area contributed by atoms with Crippen LogP contribution in [-0.4, -0.2) is 4.98 Å². The Hall–Kier alpha value is -6.71. The Morgan fingerprint density at radius 2 is 1.00 bits per heavy atom. The summed E-state index contributed by atoms with van der Waals surface area (Å²) >= 11 is 0. The van der Waals surface area contributed by atoms with Crippen molar-refractivity contribution in [1.29, 1.82) is 0 Å². The minimum atomic E-state index is -0.500. The first-order valence-electron chi connectivity index (χ1n) is 17.4. The second kappa shape index (κ2) is 11.7. The number of fused-ring (bicyclic) bond motifs is 5. The van der Waals surface area contributed by atoms with E-state index in [1.807, 2.05) is 36.4 Å². The van der Waals surface area contributed by atoms with Gasteiger partial charge in [-0.05, 0) is 98.8 Å². The van der Waals surface area contributed by atoms with Crippen LogP contribution in [0.15, 0.2) is 199 Å². The van der Waals surface area contributed by atoms with Gasteiger partial charge >= 0.3 is 0 Å². The molecule has 51 heavy (non-hydrogen) atoms. The SMILES string of the molecule is c1ccc(-c2nc3cc(N(c4ccc5c(c4)C(c4ccccc4)(c4ccccc4)c4ccccc4-5)c4ccc5ccccc5c4)ccc3o2)cc1. The van der Waals surface area contributed by atoms with Gasteiger partial charge in [-0.3, -0.25) is 0 Å². The van der Waals surface area contributed by atoms with Crippen LogP contribution in [0.2, 0.25) is 0 Å². The number of hydrogen-bond donors (Lipinski definition) is 0. The highest BCUT2D eigenvalue weighted by molar-refractivity contribution is 5.93. The lowest BCUT2D eigenvalue weighted by molar-refractivity contribution is 0.620. The molecule has 0 N–H and O–H groups in total. The van der Waals surface area contributed by atoms with Crippen molar-refractivity contribution in [1.82, 2.24) is 4.98 Å². The lowest BCUT2D eigenvalue weighted by Gasteiger charge is -2.35. The van der Waals surface area contributed by atoms with Gasteiger partial charge in [-0.2, -0.15) is 0 Å². The van der Waals surface area contributed by atoms with Crippen molar-refractivity contribution in [3.8, 4) is 22.6 Å². The summed E-state index contributed by atoms with van der Waals surface area (Å²) in [6.45, 7) is 0. The van der Waals surface area contributed by atoms with Crippen LogP contribution in [0.5, 0.6) is 0 Å². The number of anilines is 3. The Labute approximate surface area is 296 Å². The van der Waals surface area contributed by atoms with Gasteiger partial charge < -0.3 is 9.32 Å². The third kappa shape index (κ3) is 4.63. The molecule has 0 radical (unpaired) electrons. The topological polar surface area (TPSA) is 29.3 Å². The third-order valence-corrected chi connectivity index (χ3v) is 10.3. The van der Waals surface area contributed by atoms with Crippen LogP contribution in [0.1, 0.15) is 22.3 Å². The first kappa shape index (κ1) is 29.2. The summed E-state index contributed by atoms with van der Waals surface area (Å²) in [5.41, 5.74) is 12.7. The van der Waals surface area contributed by atoms with Crippen molar-refractivity contribution in [3.05, 3.63) is 216 Å². The highest BCUT2D eigenvalue weighted by Crippen LogP contribution is 2.57. The van der Waals surface area contributed by atoms with Crippen molar-refractivity contribution >= 4 is 38.9 Å². The molecule has 0 saturated carbocycles. The molecular weight excluding hydrogens is 621 g/mol. The molecule has 0 amide bonds. The van der Waals surface area contributed by atoms with Gasteiger partial charge in [0.15, 0.2) is 5.58 Å². The van der Waals surface area contributed by atoms with Crippen LogP contribution in [0.25, 0.3) is 44.5 Å². The average molecular weight is 653 g/mol. The molecule has 1 aliphatic carbocycles. The summed E-state index contributed by atoms with van der Waals surface area (Å²) in [5.74, 6) is 0.616. The van der Waals surface area contributed by atoms with E-state index in [1.54, 1.807) is 0 Å². The molecule has 0 aliphatic heterocycles. The zero-order valence-corrected chi connectivity index (χ0v) is 27.8. The first-order chi connectivity index (χ1) is 25.3. The molecule has 1 aromatic heterocycles. The maximum Gasteiger partial charge on any atom is 0.227 e. The molecule has 0 spiro atoms. The predicted molar refractivity (Wildman–Crippen MR) is 209 cm³/mol. The van der Waals surface area contributed by atoms with E-state index >= 15 is 0 Å². The Kier molecular flexibility index (Phi) is 6.71. The Bertz CT molecular complexity index is 2660. The van der Waals surface area contributed by atoms with E-state index in [-0.39, 0.29) is 0 Å². The molecule has 0 atom stereocenters. The predicted octanol–water partition coefficient (Wildman–Crippen LogP) is 12.5. The second-order valence-electron chi connectivity index (χ2n) is 13.2. The molecule has 3 heteroatoms. The second-order valence-corrected chi connectivity index (χ2v) is 13.2. The van der Waals surface area contributed by atoms with Crippen LogP contribution in [0.3, 0.4) is 0 Å². The molecule has 1 heterocycles. The molecule has 0 unspecified atom stereocenters. The number of oxazole rings is 1. The van der Waals surface area contributed by atoms with Gasteiger partial charge in [0.2, 0.25) is 5.89 Å². The zero-order chi connectivity index (χ0) is 33.8.